The number of hydrogen-bond acceptors (Lipinski definition) is 7. The molecule has 2 heterocycles. The van der Waals surface area contributed by atoms with Crippen LogP contribution in [0.15, 0.2) is 9.98 Å². The summed E-state index contributed by atoms with van der Waals surface area (Å²) in [5.41, 5.74) is -0.284. The number of carbonyl (C=O) groups is 3. The van der Waals surface area contributed by atoms with Gasteiger partial charge in [0.05, 0.1) is 17.4 Å². The molecule has 0 saturated heterocycles. The van der Waals surface area contributed by atoms with E-state index in [2.05, 4.69) is 27.0 Å². The molecule has 35 heavy (non-hydrogen) atoms. The standard InChI is InChI=1S/C24H33ClFN5O4/c1-8-15-10-28-19-16(9-13(2)14(3)11-31(15)23(34)35-24(4,5)6)29-21(25)18(26)20(19)30-22(27-7)17(33)12-32/h12-15,28H,7-11H2,1-6H3/t13-,14?,15?/m1/s1. The Kier molecular flexibility index (Phi) is 9.48. The Hall–Kier alpha value is -2.88. The molecule has 0 radical (unpaired) electrons. The number of carbonyl (C=O) groups excluding carboxylic acids is 3. The average Bonchev–Trinajstić information content (AvgIpc) is 2.78. The van der Waals surface area contributed by atoms with Gasteiger partial charge in [-0.1, -0.05) is 32.4 Å². The maximum atomic E-state index is 15.1. The van der Waals surface area contributed by atoms with Crippen molar-refractivity contribution in [3.63, 3.8) is 0 Å². The third kappa shape index (κ3) is 7.06. The minimum Gasteiger partial charge on any atom is -0.444 e. The maximum Gasteiger partial charge on any atom is 0.410 e. The van der Waals surface area contributed by atoms with Gasteiger partial charge in [0.1, 0.15) is 11.3 Å². The van der Waals surface area contributed by atoms with E-state index in [9.17, 15) is 14.4 Å². The van der Waals surface area contributed by atoms with E-state index in [4.69, 9.17) is 16.3 Å². The largest absolute Gasteiger partial charge is 0.444 e. The summed E-state index contributed by atoms with van der Waals surface area (Å²) in [5, 5.41) is 2.75. The highest BCUT2D eigenvalue weighted by atomic mass is 35.5. The van der Waals surface area contributed by atoms with Gasteiger partial charge in [-0.3, -0.25) is 9.59 Å². The van der Waals surface area contributed by atoms with Crippen molar-refractivity contribution in [2.24, 2.45) is 21.8 Å². The number of aliphatic imine (C=N–C) groups is 2. The summed E-state index contributed by atoms with van der Waals surface area (Å²) in [6.45, 7) is 15.3. The number of Topliss-reactive ketones (excluding diaryl/α,β-unsaturated/α-hetero) is 1. The Bertz CT molecular complexity index is 1020. The quantitative estimate of drug-likeness (QED) is 0.208. The highest BCUT2D eigenvalue weighted by Gasteiger charge is 2.32. The number of amides is 1. The fourth-order valence-electron chi connectivity index (χ4n) is 3.72. The maximum absolute atomic E-state index is 15.1. The van der Waals surface area contributed by atoms with Crippen LogP contribution in [-0.4, -0.2) is 65.3 Å². The third-order valence-corrected chi connectivity index (χ3v) is 6.12. The first-order valence-corrected chi connectivity index (χ1v) is 11.9. The molecule has 0 bridgehead atoms. The lowest BCUT2D eigenvalue weighted by molar-refractivity contribution is -0.125. The molecule has 1 amide bonds. The van der Waals surface area contributed by atoms with Crippen molar-refractivity contribution in [2.75, 3.05) is 18.4 Å². The number of pyridine rings is 1. The first-order valence-electron chi connectivity index (χ1n) is 11.5. The zero-order valence-corrected chi connectivity index (χ0v) is 21.8. The van der Waals surface area contributed by atoms with Crippen LogP contribution in [0.1, 0.15) is 53.7 Å². The van der Waals surface area contributed by atoms with Gasteiger partial charge in [-0.15, -0.1) is 0 Å². The van der Waals surface area contributed by atoms with Crippen LogP contribution in [-0.2, 0) is 20.7 Å². The number of fused-ring (bicyclic) bond motifs is 1. The second kappa shape index (κ2) is 11.7. The van der Waals surface area contributed by atoms with Crippen LogP contribution < -0.4 is 5.32 Å². The molecule has 0 aromatic carbocycles. The summed E-state index contributed by atoms with van der Waals surface area (Å²) in [6, 6.07) is -0.297. The molecular formula is C24H33ClFN5O4. The number of amidine groups is 1. The minimum absolute atomic E-state index is 0.00978. The van der Waals surface area contributed by atoms with Crippen LogP contribution in [0.3, 0.4) is 0 Å². The van der Waals surface area contributed by atoms with Crippen LogP contribution in [0.5, 0.6) is 0 Å². The SMILES string of the molecule is C=NC(=Nc1c(F)c(Cl)nc2c1NCC(CC)N(C(=O)OC(C)(C)C)CC(C)[C@H](C)C2)C(=O)C=O. The normalized spacial score (nSPS) is 21.4. The molecule has 9 nitrogen and oxygen atoms in total. The smallest absolute Gasteiger partial charge is 0.410 e. The Balaban J connectivity index is 2.64. The van der Waals surface area contributed by atoms with E-state index in [1.807, 2.05) is 41.5 Å². The van der Waals surface area contributed by atoms with E-state index in [0.29, 0.717) is 25.1 Å². The number of halogens is 2. The minimum atomic E-state index is -1.05. The second-order valence-corrected chi connectivity index (χ2v) is 10.1. The van der Waals surface area contributed by atoms with E-state index in [-0.39, 0.29) is 42.1 Å². The molecule has 1 aromatic heterocycles. The first kappa shape index (κ1) is 28.4. The van der Waals surface area contributed by atoms with Crippen LogP contribution in [0.25, 0.3) is 0 Å². The lowest BCUT2D eigenvalue weighted by Crippen LogP contribution is -2.49. The number of ether oxygens (including phenoxy) is 1. The van der Waals surface area contributed by atoms with Crippen LogP contribution in [0.4, 0.5) is 20.6 Å². The molecular weight excluding hydrogens is 477 g/mol. The van der Waals surface area contributed by atoms with Gasteiger partial charge in [-0.25, -0.2) is 24.2 Å². The lowest BCUT2D eigenvalue weighted by atomic mass is 9.89. The van der Waals surface area contributed by atoms with Crippen molar-refractivity contribution in [3.05, 3.63) is 16.7 Å². The van der Waals surface area contributed by atoms with Crippen molar-refractivity contribution < 1.29 is 23.5 Å². The Morgan fingerprint density at radius 2 is 2.00 bits per heavy atom. The number of nitrogens with zero attached hydrogens (tertiary/aromatic N) is 4. The van der Waals surface area contributed by atoms with Crippen molar-refractivity contribution in [1.29, 1.82) is 0 Å². The van der Waals surface area contributed by atoms with E-state index >= 15 is 4.39 Å². The molecule has 0 aliphatic carbocycles. The molecule has 0 saturated carbocycles. The van der Waals surface area contributed by atoms with Crippen molar-refractivity contribution >= 4 is 53.7 Å². The predicted molar refractivity (Wildman–Crippen MR) is 134 cm³/mol. The van der Waals surface area contributed by atoms with Crippen molar-refractivity contribution in [3.8, 4) is 0 Å². The number of aromatic nitrogens is 1. The molecule has 1 aliphatic heterocycles. The first-order chi connectivity index (χ1) is 16.3. The number of hydrogen-bond donors (Lipinski definition) is 1. The molecule has 0 fully saturated rings. The van der Waals surface area contributed by atoms with E-state index in [0.717, 1.165) is 0 Å². The number of rotatable bonds is 4. The molecule has 2 rings (SSSR count). The molecule has 192 valence electrons. The topological polar surface area (TPSA) is 113 Å². The summed E-state index contributed by atoms with van der Waals surface area (Å²) >= 11 is 6.07. The monoisotopic (exact) mass is 509 g/mol. The lowest BCUT2D eigenvalue weighted by Gasteiger charge is -2.37. The zero-order valence-electron chi connectivity index (χ0n) is 21.0. The molecule has 1 aliphatic rings. The molecule has 0 spiro atoms. The van der Waals surface area contributed by atoms with Gasteiger partial charge in [-0.05, 0) is 52.2 Å². The van der Waals surface area contributed by atoms with Gasteiger partial charge in [0, 0.05) is 13.1 Å². The van der Waals surface area contributed by atoms with E-state index in [1.54, 1.807) is 4.90 Å². The van der Waals surface area contributed by atoms with E-state index in [1.165, 1.54) is 0 Å². The molecule has 2 unspecified atom stereocenters. The second-order valence-electron chi connectivity index (χ2n) is 9.70. The highest BCUT2D eigenvalue weighted by Crippen LogP contribution is 2.37. The molecule has 3 atom stereocenters. The summed E-state index contributed by atoms with van der Waals surface area (Å²) in [7, 11) is 0. The van der Waals surface area contributed by atoms with Crippen LogP contribution >= 0.6 is 11.6 Å². The van der Waals surface area contributed by atoms with Gasteiger partial charge in [0.25, 0.3) is 5.78 Å². The average molecular weight is 510 g/mol. The van der Waals surface area contributed by atoms with Crippen molar-refractivity contribution in [2.45, 2.75) is 66.0 Å². The van der Waals surface area contributed by atoms with E-state index < -0.39 is 34.3 Å². The Morgan fingerprint density at radius 3 is 2.54 bits per heavy atom. The van der Waals surface area contributed by atoms with Gasteiger partial charge >= 0.3 is 6.09 Å². The van der Waals surface area contributed by atoms with Gasteiger partial charge < -0.3 is 15.0 Å². The van der Waals surface area contributed by atoms with Crippen LogP contribution in [0, 0.1) is 17.7 Å². The van der Waals surface area contributed by atoms with Crippen molar-refractivity contribution in [1.82, 2.24) is 9.88 Å². The molecule has 11 heteroatoms. The Morgan fingerprint density at radius 1 is 1.34 bits per heavy atom. The number of anilines is 1. The third-order valence-electron chi connectivity index (χ3n) is 5.87. The van der Waals surface area contributed by atoms with Gasteiger partial charge in [0.2, 0.25) is 5.84 Å². The summed E-state index contributed by atoms with van der Waals surface area (Å²) < 4.78 is 20.8. The fourth-order valence-corrected chi connectivity index (χ4v) is 3.91. The van der Waals surface area contributed by atoms with Crippen LogP contribution in [0.2, 0.25) is 5.15 Å². The van der Waals surface area contributed by atoms with Gasteiger partial charge in [0.15, 0.2) is 17.3 Å². The summed E-state index contributed by atoms with van der Waals surface area (Å²) in [5.74, 6) is -2.53. The highest BCUT2D eigenvalue weighted by molar-refractivity contribution is 6.59. The van der Waals surface area contributed by atoms with Gasteiger partial charge in [-0.2, -0.15) is 0 Å². The number of aldehydes is 1. The summed E-state index contributed by atoms with van der Waals surface area (Å²) in [6.07, 6.45) is 0.576. The predicted octanol–water partition coefficient (Wildman–Crippen LogP) is 4.63. The Labute approximate surface area is 210 Å². The molecule has 1 aromatic rings. The zero-order chi connectivity index (χ0) is 26.5. The fraction of sp³-hybridized carbons (Fsp3) is 0.583. The number of ketones is 1. The number of nitrogens with one attached hydrogen (secondary N) is 1. The summed E-state index contributed by atoms with van der Waals surface area (Å²) in [4.78, 5) is 49.3. The molecule has 1 N–H and O–H groups in total.